The average molecular weight is 353 g/mol. The smallest absolute Gasteiger partial charge is 0.151 e. The summed E-state index contributed by atoms with van der Waals surface area (Å²) in [7, 11) is 3.18. The van der Waals surface area contributed by atoms with Gasteiger partial charge in [-0.3, -0.25) is 4.79 Å². The molecule has 0 amide bonds. The first-order chi connectivity index (χ1) is 10.0. The summed E-state index contributed by atoms with van der Waals surface area (Å²) in [5.41, 5.74) is 0.522. The lowest BCUT2D eigenvalue weighted by molar-refractivity contribution is 0.112. The van der Waals surface area contributed by atoms with Crippen molar-refractivity contribution < 1.29 is 19.0 Å². The van der Waals surface area contributed by atoms with Gasteiger partial charge < -0.3 is 14.2 Å². The summed E-state index contributed by atoms with van der Waals surface area (Å²) in [6, 6.07) is 5.43. The van der Waals surface area contributed by atoms with Crippen LogP contribution in [0.2, 0.25) is 0 Å². The predicted octanol–water partition coefficient (Wildman–Crippen LogP) is 4.22. The molecule has 0 atom stereocenters. The van der Waals surface area contributed by atoms with Crippen LogP contribution < -0.4 is 14.2 Å². The second kappa shape index (κ2) is 6.35. The molecular weight excluding hydrogens is 336 g/mol. The van der Waals surface area contributed by atoms with Crippen LogP contribution in [-0.4, -0.2) is 26.6 Å². The number of methoxy groups -OCH3 is 2. The molecule has 0 unspecified atom stereocenters. The van der Waals surface area contributed by atoms with E-state index in [1.807, 2.05) is 19.9 Å². The van der Waals surface area contributed by atoms with Crippen molar-refractivity contribution in [1.82, 2.24) is 0 Å². The third-order valence-corrected chi connectivity index (χ3v) is 3.85. The second-order valence-electron chi connectivity index (χ2n) is 4.82. The third-order valence-electron chi connectivity index (χ3n) is 3.03. The number of benzene rings is 2. The molecule has 2 aromatic rings. The first-order valence-corrected chi connectivity index (χ1v) is 7.31. The van der Waals surface area contributed by atoms with Crippen molar-refractivity contribution in [1.29, 1.82) is 0 Å². The van der Waals surface area contributed by atoms with E-state index in [4.69, 9.17) is 14.2 Å². The molecule has 0 spiro atoms. The molecule has 2 rings (SSSR count). The zero-order chi connectivity index (χ0) is 15.6. The van der Waals surface area contributed by atoms with Crippen LogP contribution in [0.1, 0.15) is 24.2 Å². The average Bonchev–Trinajstić information content (AvgIpc) is 2.48. The second-order valence-corrected chi connectivity index (χ2v) is 5.61. The van der Waals surface area contributed by atoms with Crippen LogP contribution in [0.4, 0.5) is 0 Å². The minimum absolute atomic E-state index is 0.0294. The Morgan fingerprint density at radius 3 is 2.38 bits per heavy atom. The Hall–Kier alpha value is -1.75. The molecule has 5 heteroatoms. The summed E-state index contributed by atoms with van der Waals surface area (Å²) in [4.78, 5) is 11.3. The molecule has 0 heterocycles. The monoisotopic (exact) mass is 352 g/mol. The molecule has 0 radical (unpaired) electrons. The van der Waals surface area contributed by atoms with Crippen molar-refractivity contribution in [3.63, 3.8) is 0 Å². The number of hydrogen-bond donors (Lipinski definition) is 0. The van der Waals surface area contributed by atoms with Crippen LogP contribution in [0.3, 0.4) is 0 Å². The minimum atomic E-state index is -0.0294. The van der Waals surface area contributed by atoms with Crippen LogP contribution >= 0.6 is 15.9 Å². The van der Waals surface area contributed by atoms with Gasteiger partial charge in [-0.1, -0.05) is 0 Å². The largest absolute Gasteiger partial charge is 0.497 e. The molecule has 21 heavy (non-hydrogen) atoms. The summed E-state index contributed by atoms with van der Waals surface area (Å²) in [6.07, 6.45) is 0.765. The summed E-state index contributed by atoms with van der Waals surface area (Å²) < 4.78 is 17.2. The number of fused-ring (bicyclic) bond motifs is 1. The number of carbonyl (C=O) groups excluding carboxylic acids is 1. The number of hydrogen-bond acceptors (Lipinski definition) is 4. The lowest BCUT2D eigenvalue weighted by atomic mass is 10.0. The van der Waals surface area contributed by atoms with Crippen molar-refractivity contribution in [2.45, 2.75) is 20.0 Å². The van der Waals surface area contributed by atoms with Gasteiger partial charge in [-0.25, -0.2) is 0 Å². The fourth-order valence-corrected chi connectivity index (χ4v) is 2.65. The van der Waals surface area contributed by atoms with Gasteiger partial charge in [0.1, 0.15) is 17.2 Å². The van der Waals surface area contributed by atoms with Crippen LogP contribution in [0, 0.1) is 0 Å². The number of ether oxygens (including phenoxy) is 3. The maximum Gasteiger partial charge on any atom is 0.151 e. The van der Waals surface area contributed by atoms with E-state index in [0.29, 0.717) is 27.3 Å². The highest BCUT2D eigenvalue weighted by Gasteiger charge is 2.18. The molecule has 0 N–H and O–H groups in total. The Morgan fingerprint density at radius 1 is 1.14 bits per heavy atom. The van der Waals surface area contributed by atoms with E-state index in [1.54, 1.807) is 26.4 Å². The number of halogens is 1. The molecule has 112 valence electrons. The fraction of sp³-hybridized carbons (Fsp3) is 0.312. The normalized spacial score (nSPS) is 10.8. The van der Waals surface area contributed by atoms with Gasteiger partial charge in [0.05, 0.1) is 30.2 Å². The molecular formula is C16H17BrO4. The molecule has 0 aliphatic rings. The molecule has 0 aromatic heterocycles. The lowest BCUT2D eigenvalue weighted by Crippen LogP contribution is -2.08. The highest BCUT2D eigenvalue weighted by Crippen LogP contribution is 2.43. The van der Waals surface area contributed by atoms with Gasteiger partial charge in [-0.2, -0.15) is 0 Å². The molecule has 4 nitrogen and oxygen atoms in total. The van der Waals surface area contributed by atoms with Gasteiger partial charge in [0.25, 0.3) is 0 Å². The molecule has 0 aliphatic carbocycles. The summed E-state index contributed by atoms with van der Waals surface area (Å²) in [5, 5.41) is 1.64. The van der Waals surface area contributed by atoms with Gasteiger partial charge in [0.15, 0.2) is 6.29 Å². The van der Waals surface area contributed by atoms with E-state index in [9.17, 15) is 4.79 Å². The molecule has 0 aliphatic heterocycles. The SMILES string of the molecule is COc1cc(OC)c2c(OC(C)C)c(Br)c(C=O)cc2c1. The first-order valence-electron chi connectivity index (χ1n) is 6.51. The van der Waals surface area contributed by atoms with Gasteiger partial charge in [-0.15, -0.1) is 0 Å². The number of carbonyl (C=O) groups is 1. The van der Waals surface area contributed by atoms with Crippen molar-refractivity contribution in [2.24, 2.45) is 0 Å². The topological polar surface area (TPSA) is 44.8 Å². The molecule has 2 aromatic carbocycles. The van der Waals surface area contributed by atoms with Crippen LogP contribution in [0.25, 0.3) is 10.8 Å². The maximum absolute atomic E-state index is 11.3. The van der Waals surface area contributed by atoms with E-state index in [1.165, 1.54) is 0 Å². The molecule has 0 bridgehead atoms. The van der Waals surface area contributed by atoms with Crippen LogP contribution in [0.15, 0.2) is 22.7 Å². The number of aldehydes is 1. The predicted molar refractivity (Wildman–Crippen MR) is 85.9 cm³/mol. The van der Waals surface area contributed by atoms with E-state index in [0.717, 1.165) is 17.1 Å². The Morgan fingerprint density at radius 2 is 1.86 bits per heavy atom. The maximum atomic E-state index is 11.3. The van der Waals surface area contributed by atoms with E-state index < -0.39 is 0 Å². The van der Waals surface area contributed by atoms with Gasteiger partial charge in [0.2, 0.25) is 0 Å². The standard InChI is InChI=1S/C16H17BrO4/c1-9(2)21-16-14-10(5-11(8-18)15(16)17)6-12(19-3)7-13(14)20-4/h5-9H,1-4H3. The van der Waals surface area contributed by atoms with Gasteiger partial charge >= 0.3 is 0 Å². The summed E-state index contributed by atoms with van der Waals surface area (Å²) in [6.45, 7) is 3.86. The highest BCUT2D eigenvalue weighted by molar-refractivity contribution is 9.10. The van der Waals surface area contributed by atoms with Gasteiger partial charge in [0, 0.05) is 11.6 Å². The minimum Gasteiger partial charge on any atom is -0.497 e. The lowest BCUT2D eigenvalue weighted by Gasteiger charge is -2.18. The zero-order valence-electron chi connectivity index (χ0n) is 12.4. The third kappa shape index (κ3) is 2.97. The Balaban J connectivity index is 2.87. The van der Waals surface area contributed by atoms with E-state index in [-0.39, 0.29) is 6.10 Å². The summed E-state index contributed by atoms with van der Waals surface area (Å²) >= 11 is 3.45. The number of rotatable bonds is 5. The van der Waals surface area contributed by atoms with Crippen LogP contribution in [-0.2, 0) is 0 Å². The van der Waals surface area contributed by atoms with E-state index in [2.05, 4.69) is 15.9 Å². The zero-order valence-corrected chi connectivity index (χ0v) is 14.0. The van der Waals surface area contributed by atoms with Crippen LogP contribution in [0.5, 0.6) is 17.2 Å². The fourth-order valence-electron chi connectivity index (χ4n) is 2.15. The Labute approximate surface area is 132 Å². The first kappa shape index (κ1) is 15.6. The Bertz CT molecular complexity index is 680. The Kier molecular flexibility index (Phi) is 4.73. The quantitative estimate of drug-likeness (QED) is 0.755. The van der Waals surface area contributed by atoms with Gasteiger partial charge in [-0.05, 0) is 47.3 Å². The summed E-state index contributed by atoms with van der Waals surface area (Å²) in [5.74, 6) is 1.90. The molecule has 0 saturated carbocycles. The van der Waals surface area contributed by atoms with Crippen molar-refractivity contribution >= 4 is 33.0 Å². The van der Waals surface area contributed by atoms with Crippen molar-refractivity contribution in [3.8, 4) is 17.2 Å². The highest BCUT2D eigenvalue weighted by atomic mass is 79.9. The molecule has 0 fully saturated rings. The van der Waals surface area contributed by atoms with Crippen molar-refractivity contribution in [3.05, 3.63) is 28.2 Å². The van der Waals surface area contributed by atoms with Crippen molar-refractivity contribution in [2.75, 3.05) is 14.2 Å². The molecule has 0 saturated heterocycles. The van der Waals surface area contributed by atoms with E-state index >= 15 is 0 Å².